The van der Waals surface area contributed by atoms with Crippen molar-refractivity contribution in [3.05, 3.63) is 78.0 Å². The molecule has 0 radical (unpaired) electrons. The van der Waals surface area contributed by atoms with Crippen LogP contribution in [0.5, 0.6) is 11.5 Å². The highest BCUT2D eigenvalue weighted by Gasteiger charge is 2.14. The number of methoxy groups -OCH3 is 2. The van der Waals surface area contributed by atoms with Crippen LogP contribution >= 0.6 is 0 Å². The van der Waals surface area contributed by atoms with Crippen LogP contribution in [0.25, 0.3) is 0 Å². The van der Waals surface area contributed by atoms with Gasteiger partial charge in [-0.3, -0.25) is 14.7 Å². The molecule has 0 fully saturated rings. The molecule has 160 valence electrons. The van der Waals surface area contributed by atoms with Crippen molar-refractivity contribution < 1.29 is 19.1 Å². The SMILES string of the molecule is C=CC(=O)Nc1ccccc1C(=O)Nc1cc(CCc2cc(OC)cc(OC)c2)n[nH]1. The standard InChI is InChI=1S/C23H24N4O4/c1-4-22(28)24-20-8-6-5-7-19(20)23(29)25-21-13-16(26-27-21)10-9-15-11-17(30-2)14-18(12-15)31-3/h4-8,11-14H,1,9-10H2,2-3H3,(H,24,28)(H2,25,26,27,29). The molecule has 0 bridgehead atoms. The molecular weight excluding hydrogens is 396 g/mol. The summed E-state index contributed by atoms with van der Waals surface area (Å²) in [4.78, 5) is 24.3. The summed E-state index contributed by atoms with van der Waals surface area (Å²) >= 11 is 0. The van der Waals surface area contributed by atoms with Crippen LogP contribution in [0.4, 0.5) is 11.5 Å². The van der Waals surface area contributed by atoms with Crippen molar-refractivity contribution in [3.63, 3.8) is 0 Å². The van der Waals surface area contributed by atoms with E-state index in [-0.39, 0.29) is 5.91 Å². The number of nitrogens with one attached hydrogen (secondary N) is 3. The van der Waals surface area contributed by atoms with Gasteiger partial charge in [0.05, 0.1) is 31.2 Å². The zero-order valence-electron chi connectivity index (χ0n) is 17.4. The quantitative estimate of drug-likeness (QED) is 0.459. The highest BCUT2D eigenvalue weighted by Crippen LogP contribution is 2.23. The summed E-state index contributed by atoms with van der Waals surface area (Å²) < 4.78 is 10.6. The highest BCUT2D eigenvalue weighted by atomic mass is 16.5. The smallest absolute Gasteiger partial charge is 0.258 e. The summed E-state index contributed by atoms with van der Waals surface area (Å²) in [6, 6.07) is 14.2. The predicted octanol–water partition coefficient (Wildman–Crippen LogP) is 3.59. The van der Waals surface area contributed by atoms with E-state index >= 15 is 0 Å². The van der Waals surface area contributed by atoms with Crippen molar-refractivity contribution in [2.75, 3.05) is 24.9 Å². The molecule has 0 aliphatic heterocycles. The van der Waals surface area contributed by atoms with Crippen LogP contribution in [-0.2, 0) is 17.6 Å². The first-order valence-electron chi connectivity index (χ1n) is 9.62. The summed E-state index contributed by atoms with van der Waals surface area (Å²) in [5, 5.41) is 12.5. The van der Waals surface area contributed by atoms with Gasteiger partial charge in [0.15, 0.2) is 0 Å². The van der Waals surface area contributed by atoms with Crippen molar-refractivity contribution in [1.82, 2.24) is 10.2 Å². The van der Waals surface area contributed by atoms with E-state index in [9.17, 15) is 9.59 Å². The topological polar surface area (TPSA) is 105 Å². The number of carbonyl (C=O) groups excluding carboxylic acids is 2. The maximum Gasteiger partial charge on any atom is 0.258 e. The fraction of sp³-hybridized carbons (Fsp3) is 0.174. The summed E-state index contributed by atoms with van der Waals surface area (Å²) in [5.41, 5.74) is 2.58. The van der Waals surface area contributed by atoms with Gasteiger partial charge in [-0.2, -0.15) is 5.10 Å². The fourth-order valence-electron chi connectivity index (χ4n) is 3.00. The molecule has 0 atom stereocenters. The van der Waals surface area contributed by atoms with Crippen LogP contribution in [-0.4, -0.2) is 36.2 Å². The summed E-state index contributed by atoms with van der Waals surface area (Å²) in [6.07, 6.45) is 2.53. The largest absolute Gasteiger partial charge is 0.497 e. The van der Waals surface area contributed by atoms with Crippen molar-refractivity contribution in [2.45, 2.75) is 12.8 Å². The Labute approximate surface area is 180 Å². The molecule has 1 heterocycles. The molecule has 1 aromatic heterocycles. The van der Waals surface area contributed by atoms with Crippen LogP contribution < -0.4 is 20.1 Å². The zero-order chi connectivity index (χ0) is 22.2. The van der Waals surface area contributed by atoms with E-state index in [1.165, 1.54) is 0 Å². The maximum atomic E-state index is 12.7. The molecular formula is C23H24N4O4. The summed E-state index contributed by atoms with van der Waals surface area (Å²) in [7, 11) is 3.23. The third kappa shape index (κ3) is 5.72. The van der Waals surface area contributed by atoms with Gasteiger partial charge in [-0.05, 0) is 48.7 Å². The number of carbonyl (C=O) groups is 2. The van der Waals surface area contributed by atoms with E-state index in [1.807, 2.05) is 18.2 Å². The van der Waals surface area contributed by atoms with Gasteiger partial charge in [0.2, 0.25) is 5.91 Å². The number of ether oxygens (including phenoxy) is 2. The fourth-order valence-corrected chi connectivity index (χ4v) is 3.00. The van der Waals surface area contributed by atoms with Crippen LogP contribution in [0.3, 0.4) is 0 Å². The van der Waals surface area contributed by atoms with Gasteiger partial charge in [0.1, 0.15) is 17.3 Å². The highest BCUT2D eigenvalue weighted by molar-refractivity contribution is 6.10. The van der Waals surface area contributed by atoms with Crippen molar-refractivity contribution in [1.29, 1.82) is 0 Å². The lowest BCUT2D eigenvalue weighted by molar-refractivity contribution is -0.111. The molecule has 31 heavy (non-hydrogen) atoms. The normalized spacial score (nSPS) is 10.3. The summed E-state index contributed by atoms with van der Waals surface area (Å²) in [6.45, 7) is 3.42. The van der Waals surface area contributed by atoms with E-state index in [0.29, 0.717) is 23.5 Å². The van der Waals surface area contributed by atoms with Crippen LogP contribution in [0.2, 0.25) is 0 Å². The van der Waals surface area contributed by atoms with E-state index in [1.54, 1.807) is 44.6 Å². The molecule has 3 rings (SSSR count). The second kappa shape index (κ2) is 10.1. The minimum Gasteiger partial charge on any atom is -0.497 e. The number of anilines is 2. The molecule has 2 amide bonds. The number of nitrogens with zero attached hydrogens (tertiary/aromatic N) is 1. The second-order valence-electron chi connectivity index (χ2n) is 6.69. The first-order valence-corrected chi connectivity index (χ1v) is 9.62. The lowest BCUT2D eigenvalue weighted by Gasteiger charge is -2.09. The molecule has 3 N–H and O–H groups in total. The number of rotatable bonds is 9. The van der Waals surface area contributed by atoms with Crippen LogP contribution in [0.15, 0.2) is 61.2 Å². The number of H-pyrrole nitrogens is 1. The Balaban J connectivity index is 1.65. The van der Waals surface area contributed by atoms with Crippen molar-refractivity contribution in [3.8, 4) is 11.5 Å². The van der Waals surface area contributed by atoms with Gasteiger partial charge in [-0.1, -0.05) is 18.7 Å². The Bertz CT molecular complexity index is 1070. The molecule has 0 aliphatic carbocycles. The first-order chi connectivity index (χ1) is 15.0. The molecule has 3 aromatic rings. The predicted molar refractivity (Wildman–Crippen MR) is 119 cm³/mol. The number of para-hydroxylation sites is 1. The first kappa shape index (κ1) is 21.6. The summed E-state index contributed by atoms with van der Waals surface area (Å²) in [5.74, 6) is 1.16. The average Bonchev–Trinajstić information content (AvgIpc) is 3.24. The third-order valence-electron chi connectivity index (χ3n) is 4.58. The number of aromatic amines is 1. The molecule has 8 heteroatoms. The lowest BCUT2D eigenvalue weighted by Crippen LogP contribution is -2.17. The van der Waals surface area contributed by atoms with Gasteiger partial charge >= 0.3 is 0 Å². The second-order valence-corrected chi connectivity index (χ2v) is 6.69. The zero-order valence-corrected chi connectivity index (χ0v) is 17.4. The number of hydrogen-bond donors (Lipinski definition) is 3. The number of hydrogen-bond acceptors (Lipinski definition) is 5. The Morgan fingerprint density at radius 2 is 1.74 bits per heavy atom. The number of benzene rings is 2. The molecule has 0 saturated carbocycles. The lowest BCUT2D eigenvalue weighted by atomic mass is 10.1. The van der Waals surface area contributed by atoms with Gasteiger partial charge in [0.25, 0.3) is 5.91 Å². The Morgan fingerprint density at radius 1 is 1.03 bits per heavy atom. The van der Waals surface area contributed by atoms with Crippen LogP contribution in [0, 0.1) is 0 Å². The van der Waals surface area contributed by atoms with Gasteiger partial charge in [0, 0.05) is 12.1 Å². The van der Waals surface area contributed by atoms with Crippen molar-refractivity contribution >= 4 is 23.3 Å². The maximum absolute atomic E-state index is 12.7. The Hall–Kier alpha value is -4.07. The minimum atomic E-state index is -0.391. The minimum absolute atomic E-state index is 0.331. The molecule has 0 aliphatic rings. The number of aromatic nitrogens is 2. The van der Waals surface area contributed by atoms with Gasteiger partial charge in [-0.15, -0.1) is 0 Å². The third-order valence-corrected chi connectivity index (χ3v) is 4.58. The Morgan fingerprint density at radius 3 is 2.42 bits per heavy atom. The van der Waals surface area contributed by atoms with Gasteiger partial charge < -0.3 is 20.1 Å². The molecule has 0 spiro atoms. The van der Waals surface area contributed by atoms with Crippen LogP contribution in [0.1, 0.15) is 21.6 Å². The van der Waals surface area contributed by atoms with E-state index in [4.69, 9.17) is 9.47 Å². The number of amides is 2. The van der Waals surface area contributed by atoms with E-state index in [2.05, 4.69) is 27.4 Å². The van der Waals surface area contributed by atoms with Gasteiger partial charge in [-0.25, -0.2) is 0 Å². The molecule has 8 nitrogen and oxygen atoms in total. The van der Waals surface area contributed by atoms with Crippen molar-refractivity contribution in [2.24, 2.45) is 0 Å². The van der Waals surface area contributed by atoms with E-state index in [0.717, 1.165) is 35.3 Å². The molecule has 0 unspecified atom stereocenters. The average molecular weight is 420 g/mol. The monoisotopic (exact) mass is 420 g/mol. The molecule has 2 aromatic carbocycles. The number of aryl methyl sites for hydroxylation is 2. The molecule has 0 saturated heterocycles. The van der Waals surface area contributed by atoms with E-state index < -0.39 is 5.91 Å². The Kier molecular flexibility index (Phi) is 7.05.